The molecule has 1 N–H and O–H groups in total. The largest absolute Gasteiger partial charge is 0.492 e. The zero-order valence-electron chi connectivity index (χ0n) is 19.5. The average Bonchev–Trinajstić information content (AvgIpc) is 3.27. The van der Waals surface area contributed by atoms with Crippen molar-refractivity contribution in [2.45, 2.75) is 13.0 Å². The summed E-state index contributed by atoms with van der Waals surface area (Å²) in [5.74, 6) is 2.40. The summed E-state index contributed by atoms with van der Waals surface area (Å²) in [6.45, 7) is 10.0. The molecule has 1 aromatic carbocycles. The smallest absolute Gasteiger partial charge is 0.193 e. The van der Waals surface area contributed by atoms with Gasteiger partial charge in [-0.15, -0.1) is 24.0 Å². The molecule has 2 heterocycles. The fourth-order valence-electron chi connectivity index (χ4n) is 3.93. The summed E-state index contributed by atoms with van der Waals surface area (Å²) < 4.78 is 22.1. The molecule has 9 heteroatoms. The molecule has 0 radical (unpaired) electrons. The lowest BCUT2D eigenvalue weighted by Gasteiger charge is -2.26. The van der Waals surface area contributed by atoms with Crippen molar-refractivity contribution >= 4 is 29.9 Å². The van der Waals surface area contributed by atoms with Crippen LogP contribution in [0, 0.1) is 5.92 Å². The van der Waals surface area contributed by atoms with Gasteiger partial charge in [-0.3, -0.25) is 9.89 Å². The molecule has 0 aliphatic carbocycles. The van der Waals surface area contributed by atoms with E-state index in [1.807, 2.05) is 19.2 Å². The van der Waals surface area contributed by atoms with Crippen LogP contribution in [0.15, 0.2) is 29.3 Å². The fourth-order valence-corrected chi connectivity index (χ4v) is 3.93. The first kappa shape index (κ1) is 27.1. The van der Waals surface area contributed by atoms with Gasteiger partial charge in [-0.25, -0.2) is 0 Å². The number of halogens is 1. The number of hydrogen-bond acceptors (Lipinski definition) is 6. The Morgan fingerprint density at radius 3 is 2.81 bits per heavy atom. The topological polar surface area (TPSA) is 67.8 Å². The van der Waals surface area contributed by atoms with Gasteiger partial charge in [-0.2, -0.15) is 0 Å². The Kier molecular flexibility index (Phi) is 13.3. The van der Waals surface area contributed by atoms with Crippen LogP contribution in [0.3, 0.4) is 0 Å². The van der Waals surface area contributed by atoms with Crippen molar-refractivity contribution in [3.8, 4) is 5.75 Å². The van der Waals surface area contributed by atoms with Crippen LogP contribution in [0.2, 0.25) is 0 Å². The summed E-state index contributed by atoms with van der Waals surface area (Å²) in [5.41, 5.74) is 1.18. The SMILES string of the molecule is CN=C(NCc1cccc(OCCN2CCOCC2)c1)N1CCC(COCCOC)C1.I. The maximum absolute atomic E-state index is 5.98. The first-order valence-corrected chi connectivity index (χ1v) is 11.3. The van der Waals surface area contributed by atoms with Crippen molar-refractivity contribution in [1.82, 2.24) is 15.1 Å². The van der Waals surface area contributed by atoms with E-state index in [9.17, 15) is 0 Å². The number of benzene rings is 1. The molecule has 2 fully saturated rings. The maximum atomic E-state index is 5.98. The zero-order chi connectivity index (χ0) is 21.7. The van der Waals surface area contributed by atoms with E-state index in [-0.39, 0.29) is 24.0 Å². The van der Waals surface area contributed by atoms with Crippen LogP contribution in [0.5, 0.6) is 5.75 Å². The van der Waals surface area contributed by atoms with Gasteiger partial charge in [0.15, 0.2) is 5.96 Å². The van der Waals surface area contributed by atoms with Gasteiger partial charge in [0.1, 0.15) is 12.4 Å². The summed E-state index contributed by atoms with van der Waals surface area (Å²) in [7, 11) is 3.54. The second kappa shape index (κ2) is 15.7. The van der Waals surface area contributed by atoms with Gasteiger partial charge in [-0.1, -0.05) is 12.1 Å². The Bertz CT molecular complexity index is 673. The Hall–Kier alpha value is -1.14. The molecule has 1 aromatic rings. The van der Waals surface area contributed by atoms with E-state index in [1.54, 1.807) is 7.11 Å². The molecule has 2 saturated heterocycles. The van der Waals surface area contributed by atoms with E-state index < -0.39 is 0 Å². The number of ether oxygens (including phenoxy) is 4. The fraction of sp³-hybridized carbons (Fsp3) is 0.696. The number of hydrogen-bond donors (Lipinski definition) is 1. The van der Waals surface area contributed by atoms with Crippen molar-refractivity contribution in [3.63, 3.8) is 0 Å². The second-order valence-corrected chi connectivity index (χ2v) is 8.02. The van der Waals surface area contributed by atoms with Crippen molar-refractivity contribution in [1.29, 1.82) is 0 Å². The summed E-state index contributed by atoms with van der Waals surface area (Å²) in [5, 5.41) is 3.50. The molecule has 32 heavy (non-hydrogen) atoms. The number of aliphatic imine (C=N–C) groups is 1. The first-order chi connectivity index (χ1) is 15.3. The molecule has 1 atom stereocenters. The predicted octanol–water partition coefficient (Wildman–Crippen LogP) is 2.08. The Labute approximate surface area is 209 Å². The molecule has 0 amide bonds. The van der Waals surface area contributed by atoms with Crippen molar-refractivity contribution in [2.75, 3.05) is 86.5 Å². The van der Waals surface area contributed by atoms with Gasteiger partial charge in [-0.05, 0) is 24.1 Å². The van der Waals surface area contributed by atoms with Crippen LogP contribution in [0.25, 0.3) is 0 Å². The Morgan fingerprint density at radius 2 is 2.03 bits per heavy atom. The summed E-state index contributed by atoms with van der Waals surface area (Å²) in [6, 6.07) is 8.29. The van der Waals surface area contributed by atoms with Crippen LogP contribution in [0.1, 0.15) is 12.0 Å². The van der Waals surface area contributed by atoms with Crippen LogP contribution in [0.4, 0.5) is 0 Å². The zero-order valence-corrected chi connectivity index (χ0v) is 21.8. The number of rotatable bonds is 11. The molecule has 0 bridgehead atoms. The predicted molar refractivity (Wildman–Crippen MR) is 137 cm³/mol. The monoisotopic (exact) mass is 562 g/mol. The van der Waals surface area contributed by atoms with Gasteiger partial charge >= 0.3 is 0 Å². The highest BCUT2D eigenvalue weighted by Gasteiger charge is 2.24. The molecule has 0 spiro atoms. The molecule has 182 valence electrons. The van der Waals surface area contributed by atoms with E-state index in [2.05, 4.69) is 32.2 Å². The Morgan fingerprint density at radius 1 is 1.19 bits per heavy atom. The van der Waals surface area contributed by atoms with Crippen LogP contribution >= 0.6 is 24.0 Å². The van der Waals surface area contributed by atoms with E-state index in [0.29, 0.717) is 25.7 Å². The molecule has 8 nitrogen and oxygen atoms in total. The number of likely N-dealkylation sites (tertiary alicyclic amines) is 1. The summed E-state index contributed by atoms with van der Waals surface area (Å²) >= 11 is 0. The van der Waals surface area contributed by atoms with Crippen molar-refractivity contribution in [2.24, 2.45) is 10.9 Å². The molecule has 0 saturated carbocycles. The third kappa shape index (κ3) is 9.38. The minimum Gasteiger partial charge on any atom is -0.492 e. The van der Waals surface area contributed by atoms with Crippen molar-refractivity contribution in [3.05, 3.63) is 29.8 Å². The first-order valence-electron chi connectivity index (χ1n) is 11.3. The van der Waals surface area contributed by atoms with E-state index in [1.165, 1.54) is 5.56 Å². The molecular weight excluding hydrogens is 523 g/mol. The molecule has 2 aliphatic heterocycles. The number of nitrogens with one attached hydrogen (secondary N) is 1. The van der Waals surface area contributed by atoms with Gasteiger partial charge in [0, 0.05) is 59.3 Å². The molecule has 2 aliphatic rings. The minimum atomic E-state index is 0. The average molecular weight is 562 g/mol. The maximum Gasteiger partial charge on any atom is 0.193 e. The third-order valence-corrected chi connectivity index (χ3v) is 5.71. The van der Waals surface area contributed by atoms with Crippen LogP contribution < -0.4 is 10.1 Å². The second-order valence-electron chi connectivity index (χ2n) is 8.02. The lowest BCUT2D eigenvalue weighted by Crippen LogP contribution is -2.39. The molecule has 3 rings (SSSR count). The van der Waals surface area contributed by atoms with E-state index in [4.69, 9.17) is 18.9 Å². The van der Waals surface area contributed by atoms with Crippen LogP contribution in [-0.2, 0) is 20.8 Å². The van der Waals surface area contributed by atoms with Gasteiger partial charge in [0.25, 0.3) is 0 Å². The summed E-state index contributed by atoms with van der Waals surface area (Å²) in [4.78, 5) is 9.17. The summed E-state index contributed by atoms with van der Waals surface area (Å²) in [6.07, 6.45) is 1.13. The number of morpholine rings is 1. The standard InChI is InChI=1S/C23H38N4O4.HI/c1-24-23(27-7-6-21(18-27)19-30-15-14-28-2)25-17-20-4-3-5-22(16-20)31-13-10-26-8-11-29-12-9-26;/h3-5,16,21H,6-15,17-19H2,1-2H3,(H,24,25);1H. The lowest BCUT2D eigenvalue weighted by molar-refractivity contribution is 0.0322. The third-order valence-electron chi connectivity index (χ3n) is 5.71. The quantitative estimate of drug-likeness (QED) is 0.192. The highest BCUT2D eigenvalue weighted by molar-refractivity contribution is 14.0. The van der Waals surface area contributed by atoms with E-state index >= 15 is 0 Å². The van der Waals surface area contributed by atoms with Gasteiger partial charge in [0.05, 0.1) is 33.0 Å². The Balaban J connectivity index is 0.00000363. The number of guanidine groups is 1. The number of nitrogens with zero attached hydrogens (tertiary/aromatic N) is 3. The van der Waals surface area contributed by atoms with Gasteiger partial charge in [0.2, 0.25) is 0 Å². The highest BCUT2D eigenvalue weighted by Crippen LogP contribution is 2.17. The minimum absolute atomic E-state index is 0. The number of methoxy groups -OCH3 is 1. The molecule has 1 unspecified atom stereocenters. The molecule has 0 aromatic heterocycles. The van der Waals surface area contributed by atoms with E-state index in [0.717, 1.165) is 77.2 Å². The highest BCUT2D eigenvalue weighted by atomic mass is 127. The normalized spacial score (nSPS) is 19.6. The van der Waals surface area contributed by atoms with Crippen LogP contribution in [-0.4, -0.2) is 102 Å². The van der Waals surface area contributed by atoms with Gasteiger partial charge < -0.3 is 29.2 Å². The van der Waals surface area contributed by atoms with Crippen molar-refractivity contribution < 1.29 is 18.9 Å². The lowest BCUT2D eigenvalue weighted by atomic mass is 10.1. The molecular formula is C23H39IN4O4.